The Labute approximate surface area is 97.2 Å². The number of hydrogen-bond acceptors (Lipinski definition) is 4. The lowest BCUT2D eigenvalue weighted by Crippen LogP contribution is -2.35. The van der Waals surface area contributed by atoms with Gasteiger partial charge in [-0.3, -0.25) is 0 Å². The van der Waals surface area contributed by atoms with Crippen molar-refractivity contribution in [3.05, 3.63) is 0 Å². The van der Waals surface area contributed by atoms with Gasteiger partial charge in [0.1, 0.15) is 24.4 Å². The Hall–Kier alpha value is -0.160. The second kappa shape index (κ2) is 5.00. The SMILES string of the molecule is CC(C)OC1COC2C(OC(C)C)COC12. The summed E-state index contributed by atoms with van der Waals surface area (Å²) in [4.78, 5) is 0. The summed E-state index contributed by atoms with van der Waals surface area (Å²) < 4.78 is 23.0. The molecule has 4 atom stereocenters. The topological polar surface area (TPSA) is 36.9 Å². The molecule has 0 N–H and O–H groups in total. The van der Waals surface area contributed by atoms with Gasteiger partial charge in [0.2, 0.25) is 0 Å². The van der Waals surface area contributed by atoms with E-state index in [0.29, 0.717) is 13.2 Å². The fraction of sp³-hybridized carbons (Fsp3) is 1.00. The van der Waals surface area contributed by atoms with Gasteiger partial charge < -0.3 is 18.9 Å². The Morgan fingerprint density at radius 1 is 0.812 bits per heavy atom. The zero-order chi connectivity index (χ0) is 11.7. The van der Waals surface area contributed by atoms with Crippen LogP contribution in [0.1, 0.15) is 27.7 Å². The number of ether oxygens (including phenoxy) is 4. The normalized spacial score (nSPS) is 38.6. The largest absolute Gasteiger partial charge is 0.370 e. The lowest BCUT2D eigenvalue weighted by molar-refractivity contribution is -0.0753. The standard InChI is InChI=1S/C12H22O4/c1-7(2)15-9-5-13-12-10(16-8(3)4)6-14-11(9)12/h7-12H,5-6H2,1-4H3. The Kier molecular flexibility index (Phi) is 3.85. The van der Waals surface area contributed by atoms with E-state index in [1.54, 1.807) is 0 Å². The van der Waals surface area contributed by atoms with Crippen molar-refractivity contribution in [2.75, 3.05) is 13.2 Å². The lowest BCUT2D eigenvalue weighted by Gasteiger charge is -2.19. The zero-order valence-corrected chi connectivity index (χ0v) is 10.5. The highest BCUT2D eigenvalue weighted by Gasteiger charge is 2.49. The summed E-state index contributed by atoms with van der Waals surface area (Å²) >= 11 is 0. The molecule has 0 aromatic heterocycles. The van der Waals surface area contributed by atoms with E-state index in [2.05, 4.69) is 0 Å². The minimum absolute atomic E-state index is 0.0474. The summed E-state index contributed by atoms with van der Waals surface area (Å²) in [6, 6.07) is 0. The summed E-state index contributed by atoms with van der Waals surface area (Å²) in [5.41, 5.74) is 0. The maximum Gasteiger partial charge on any atom is 0.115 e. The molecule has 2 rings (SSSR count). The molecule has 0 saturated carbocycles. The van der Waals surface area contributed by atoms with Crippen molar-refractivity contribution in [2.24, 2.45) is 0 Å². The molecule has 4 unspecified atom stereocenters. The summed E-state index contributed by atoms with van der Waals surface area (Å²) in [7, 11) is 0. The molecule has 0 radical (unpaired) electrons. The van der Waals surface area contributed by atoms with E-state index < -0.39 is 0 Å². The Morgan fingerprint density at radius 3 is 1.50 bits per heavy atom. The van der Waals surface area contributed by atoms with Crippen molar-refractivity contribution in [2.45, 2.75) is 64.3 Å². The third kappa shape index (κ3) is 2.56. The first-order valence-electron chi connectivity index (χ1n) is 6.12. The highest BCUT2D eigenvalue weighted by Crippen LogP contribution is 2.31. The van der Waals surface area contributed by atoms with Crippen LogP contribution in [0.3, 0.4) is 0 Å². The Bertz CT molecular complexity index is 205. The summed E-state index contributed by atoms with van der Waals surface area (Å²) in [6.07, 6.45) is 0.635. The number of fused-ring (bicyclic) bond motifs is 1. The molecule has 16 heavy (non-hydrogen) atoms. The van der Waals surface area contributed by atoms with Crippen molar-refractivity contribution in [3.63, 3.8) is 0 Å². The first kappa shape index (κ1) is 12.3. The average Bonchev–Trinajstić information content (AvgIpc) is 2.70. The van der Waals surface area contributed by atoms with Crippen molar-refractivity contribution >= 4 is 0 Å². The quantitative estimate of drug-likeness (QED) is 0.731. The summed E-state index contributed by atoms with van der Waals surface area (Å²) in [5.74, 6) is 0. The van der Waals surface area contributed by atoms with Crippen molar-refractivity contribution in [1.29, 1.82) is 0 Å². The molecule has 0 spiro atoms. The van der Waals surface area contributed by atoms with Gasteiger partial charge >= 0.3 is 0 Å². The Balaban J connectivity index is 1.90. The highest BCUT2D eigenvalue weighted by atomic mass is 16.6. The molecule has 0 aromatic carbocycles. The van der Waals surface area contributed by atoms with E-state index >= 15 is 0 Å². The molecule has 2 saturated heterocycles. The van der Waals surface area contributed by atoms with Crippen LogP contribution in [0, 0.1) is 0 Å². The molecule has 4 heteroatoms. The summed E-state index contributed by atoms with van der Waals surface area (Å²) in [5, 5.41) is 0. The fourth-order valence-corrected chi connectivity index (χ4v) is 2.36. The molecule has 0 amide bonds. The van der Waals surface area contributed by atoms with Crippen LogP contribution in [-0.2, 0) is 18.9 Å². The zero-order valence-electron chi connectivity index (χ0n) is 10.5. The molecule has 2 aliphatic heterocycles. The first-order chi connectivity index (χ1) is 7.58. The van der Waals surface area contributed by atoms with E-state index in [4.69, 9.17) is 18.9 Å². The monoisotopic (exact) mass is 230 g/mol. The van der Waals surface area contributed by atoms with E-state index in [9.17, 15) is 0 Å². The van der Waals surface area contributed by atoms with Crippen LogP contribution in [-0.4, -0.2) is 49.8 Å². The van der Waals surface area contributed by atoms with Crippen molar-refractivity contribution < 1.29 is 18.9 Å². The van der Waals surface area contributed by atoms with Crippen molar-refractivity contribution in [1.82, 2.24) is 0 Å². The molecule has 0 bridgehead atoms. The van der Waals surface area contributed by atoms with Gasteiger partial charge in [0, 0.05) is 0 Å². The molecule has 2 heterocycles. The first-order valence-corrected chi connectivity index (χ1v) is 6.12. The molecule has 0 aromatic rings. The molecule has 4 nitrogen and oxygen atoms in total. The molecule has 94 valence electrons. The van der Waals surface area contributed by atoms with Crippen LogP contribution in [0.25, 0.3) is 0 Å². The van der Waals surface area contributed by atoms with Crippen LogP contribution >= 0.6 is 0 Å². The Morgan fingerprint density at radius 2 is 1.19 bits per heavy atom. The summed E-state index contributed by atoms with van der Waals surface area (Å²) in [6.45, 7) is 9.36. The van der Waals surface area contributed by atoms with Crippen LogP contribution in [0.2, 0.25) is 0 Å². The van der Waals surface area contributed by atoms with Gasteiger partial charge in [0.05, 0.1) is 25.4 Å². The molecular formula is C12H22O4. The number of hydrogen-bond donors (Lipinski definition) is 0. The molecular weight excluding hydrogens is 208 g/mol. The maximum absolute atomic E-state index is 5.77. The molecule has 0 aliphatic carbocycles. The third-order valence-corrected chi connectivity index (χ3v) is 2.86. The van der Waals surface area contributed by atoms with Gasteiger partial charge in [0.15, 0.2) is 0 Å². The van der Waals surface area contributed by atoms with E-state index in [1.165, 1.54) is 0 Å². The fourth-order valence-electron chi connectivity index (χ4n) is 2.36. The molecule has 2 fully saturated rings. The van der Waals surface area contributed by atoms with Gasteiger partial charge in [-0.1, -0.05) is 0 Å². The van der Waals surface area contributed by atoms with Gasteiger partial charge in [-0.2, -0.15) is 0 Å². The molecule has 2 aliphatic rings. The third-order valence-electron chi connectivity index (χ3n) is 2.86. The predicted molar refractivity (Wildman–Crippen MR) is 59.5 cm³/mol. The second-order valence-electron chi connectivity index (χ2n) is 5.04. The number of rotatable bonds is 4. The highest BCUT2D eigenvalue weighted by molar-refractivity contribution is 4.96. The minimum Gasteiger partial charge on any atom is -0.370 e. The predicted octanol–water partition coefficient (Wildman–Crippen LogP) is 1.37. The van der Waals surface area contributed by atoms with Gasteiger partial charge in [-0.25, -0.2) is 0 Å². The lowest BCUT2D eigenvalue weighted by atomic mass is 10.1. The van der Waals surface area contributed by atoms with Crippen LogP contribution in [0.15, 0.2) is 0 Å². The van der Waals surface area contributed by atoms with Crippen LogP contribution in [0.5, 0.6) is 0 Å². The van der Waals surface area contributed by atoms with Gasteiger partial charge in [-0.05, 0) is 27.7 Å². The van der Waals surface area contributed by atoms with E-state index in [-0.39, 0.29) is 36.6 Å². The van der Waals surface area contributed by atoms with Crippen molar-refractivity contribution in [3.8, 4) is 0 Å². The minimum atomic E-state index is 0.0474. The maximum atomic E-state index is 5.77. The van der Waals surface area contributed by atoms with E-state index in [1.807, 2.05) is 27.7 Å². The van der Waals surface area contributed by atoms with Gasteiger partial charge in [0.25, 0.3) is 0 Å². The van der Waals surface area contributed by atoms with Gasteiger partial charge in [-0.15, -0.1) is 0 Å². The smallest absolute Gasteiger partial charge is 0.115 e. The second-order valence-corrected chi connectivity index (χ2v) is 5.04. The average molecular weight is 230 g/mol. The van der Waals surface area contributed by atoms with Crippen LogP contribution < -0.4 is 0 Å². The van der Waals surface area contributed by atoms with E-state index in [0.717, 1.165) is 0 Å². The van der Waals surface area contributed by atoms with Crippen LogP contribution in [0.4, 0.5) is 0 Å².